The lowest BCUT2D eigenvalue weighted by Crippen LogP contribution is -2.59. The molecule has 3 amide bonds. The van der Waals surface area contributed by atoms with Crippen LogP contribution < -0.4 is 11.1 Å². The van der Waals surface area contributed by atoms with Crippen LogP contribution in [0.4, 0.5) is 4.79 Å². The molecule has 0 unspecified atom stereocenters. The maximum Gasteiger partial charge on any atom is 0.408 e. The minimum absolute atomic E-state index is 0.0561. The molecule has 0 bridgehead atoms. The van der Waals surface area contributed by atoms with Crippen molar-refractivity contribution in [3.05, 3.63) is 35.9 Å². The number of hydrogen-bond acceptors (Lipinski definition) is 5. The normalized spacial score (nSPS) is 13.9. The molecule has 1 rings (SSSR count). The van der Waals surface area contributed by atoms with Crippen LogP contribution in [-0.2, 0) is 25.7 Å². The molecule has 1 aromatic rings. The predicted octanol–water partition coefficient (Wildman–Crippen LogP) is 3.67. The lowest BCUT2D eigenvalue weighted by atomic mass is 9.94. The van der Waals surface area contributed by atoms with Gasteiger partial charge in [-0.3, -0.25) is 9.59 Å². The van der Waals surface area contributed by atoms with Crippen LogP contribution in [0.25, 0.3) is 0 Å². The van der Waals surface area contributed by atoms with Crippen molar-refractivity contribution in [3.63, 3.8) is 0 Å². The molecule has 0 fully saturated rings. The number of aldehydes is 1. The zero-order chi connectivity index (χ0) is 25.8. The van der Waals surface area contributed by atoms with Gasteiger partial charge < -0.3 is 25.5 Å². The molecule has 0 heterocycles. The number of carbonyl (C=O) groups is 4. The van der Waals surface area contributed by atoms with E-state index in [0.717, 1.165) is 5.56 Å². The summed E-state index contributed by atoms with van der Waals surface area (Å²) in [5, 5.41) is 2.66. The lowest BCUT2D eigenvalue weighted by Gasteiger charge is -2.38. The minimum atomic E-state index is -0.966. The second-order valence-electron chi connectivity index (χ2n) is 10.0. The SMILES string of the molecule is CC(C)C[C@H](NC(=O)OCc1ccccc1)C(=O)N([C@H](C=O)CC(C)C)[C@H](CC(C)C)C(N)=O. The predicted molar refractivity (Wildman–Crippen MR) is 132 cm³/mol. The fourth-order valence-electron chi connectivity index (χ4n) is 3.86. The number of carbonyl (C=O) groups excluding carboxylic acids is 4. The summed E-state index contributed by atoms with van der Waals surface area (Å²) in [6.07, 6.45) is 0.957. The Labute approximate surface area is 203 Å². The quantitative estimate of drug-likeness (QED) is 0.398. The van der Waals surface area contributed by atoms with E-state index in [2.05, 4.69) is 5.32 Å². The van der Waals surface area contributed by atoms with Gasteiger partial charge in [-0.05, 0) is 42.6 Å². The Balaban J connectivity index is 3.21. The maximum absolute atomic E-state index is 13.8. The Morgan fingerprint density at radius 1 is 0.941 bits per heavy atom. The number of nitrogens with zero attached hydrogens (tertiary/aromatic N) is 1. The number of ether oxygens (including phenoxy) is 1. The molecule has 190 valence electrons. The van der Waals surface area contributed by atoms with Crippen molar-refractivity contribution in [3.8, 4) is 0 Å². The molecule has 1 aromatic carbocycles. The summed E-state index contributed by atoms with van der Waals surface area (Å²) in [5.74, 6) is -0.959. The third kappa shape index (κ3) is 9.93. The van der Waals surface area contributed by atoms with Crippen molar-refractivity contribution in [2.75, 3.05) is 0 Å². The van der Waals surface area contributed by atoms with Gasteiger partial charge in [-0.25, -0.2) is 4.79 Å². The standard InChI is InChI=1S/C26H41N3O5/c1-17(2)12-21(15-30)29(23(24(27)31)14-19(5)6)25(32)22(13-18(3)4)28-26(33)34-16-20-10-8-7-9-11-20/h7-11,15,17-19,21-23H,12-14,16H2,1-6H3,(H2,27,31)(H,28,33)/t21-,22-,23+/m0/s1. The molecule has 0 aliphatic rings. The number of rotatable bonds is 14. The number of primary amides is 1. The van der Waals surface area contributed by atoms with Gasteiger partial charge >= 0.3 is 6.09 Å². The van der Waals surface area contributed by atoms with Gasteiger partial charge in [0, 0.05) is 0 Å². The molecule has 0 saturated heterocycles. The summed E-state index contributed by atoms with van der Waals surface area (Å²) >= 11 is 0. The molecule has 3 atom stereocenters. The van der Waals surface area contributed by atoms with Crippen LogP contribution in [0.2, 0.25) is 0 Å². The largest absolute Gasteiger partial charge is 0.445 e. The first kappa shape index (κ1) is 29.1. The molecular formula is C26H41N3O5. The molecule has 8 nitrogen and oxygen atoms in total. The van der Waals surface area contributed by atoms with Crippen molar-refractivity contribution >= 4 is 24.2 Å². The Kier molecular flexibility index (Phi) is 12.3. The van der Waals surface area contributed by atoms with Crippen LogP contribution >= 0.6 is 0 Å². The lowest BCUT2D eigenvalue weighted by molar-refractivity contribution is -0.147. The van der Waals surface area contributed by atoms with Crippen LogP contribution in [0.5, 0.6) is 0 Å². The number of nitrogens with two attached hydrogens (primary N) is 1. The van der Waals surface area contributed by atoms with Crippen molar-refractivity contribution in [1.29, 1.82) is 0 Å². The fourth-order valence-corrected chi connectivity index (χ4v) is 3.86. The Hall–Kier alpha value is -2.90. The zero-order valence-electron chi connectivity index (χ0n) is 21.3. The summed E-state index contributed by atoms with van der Waals surface area (Å²) in [6, 6.07) is 6.44. The summed E-state index contributed by atoms with van der Waals surface area (Å²) < 4.78 is 5.31. The number of amides is 3. The second-order valence-corrected chi connectivity index (χ2v) is 10.0. The Morgan fingerprint density at radius 2 is 1.50 bits per heavy atom. The van der Waals surface area contributed by atoms with Gasteiger partial charge in [0.1, 0.15) is 25.0 Å². The van der Waals surface area contributed by atoms with Gasteiger partial charge in [-0.1, -0.05) is 71.9 Å². The maximum atomic E-state index is 13.8. The van der Waals surface area contributed by atoms with Gasteiger partial charge in [0.2, 0.25) is 11.8 Å². The smallest absolute Gasteiger partial charge is 0.408 e. The number of benzene rings is 1. The highest BCUT2D eigenvalue weighted by atomic mass is 16.5. The summed E-state index contributed by atoms with van der Waals surface area (Å²) in [6.45, 7) is 11.6. The van der Waals surface area contributed by atoms with Gasteiger partial charge in [-0.15, -0.1) is 0 Å². The number of nitrogens with one attached hydrogen (secondary N) is 1. The Bertz CT molecular complexity index is 795. The Morgan fingerprint density at radius 3 is 1.97 bits per heavy atom. The topological polar surface area (TPSA) is 119 Å². The van der Waals surface area contributed by atoms with Crippen molar-refractivity contribution in [1.82, 2.24) is 10.2 Å². The monoisotopic (exact) mass is 475 g/mol. The zero-order valence-corrected chi connectivity index (χ0v) is 21.3. The van der Waals surface area contributed by atoms with Crippen molar-refractivity contribution < 1.29 is 23.9 Å². The van der Waals surface area contributed by atoms with E-state index >= 15 is 0 Å². The molecule has 34 heavy (non-hydrogen) atoms. The molecule has 0 radical (unpaired) electrons. The van der Waals surface area contributed by atoms with Crippen molar-refractivity contribution in [2.45, 2.75) is 85.5 Å². The first-order chi connectivity index (χ1) is 16.0. The van der Waals surface area contributed by atoms with Gasteiger partial charge in [-0.2, -0.15) is 0 Å². The van der Waals surface area contributed by atoms with Crippen molar-refractivity contribution in [2.24, 2.45) is 23.5 Å². The van der Waals surface area contributed by atoms with Gasteiger partial charge in [0.25, 0.3) is 0 Å². The third-order valence-corrected chi connectivity index (χ3v) is 5.35. The average molecular weight is 476 g/mol. The van der Waals surface area contributed by atoms with Crippen LogP contribution in [0.1, 0.15) is 66.4 Å². The summed E-state index contributed by atoms with van der Waals surface area (Å²) in [5.41, 5.74) is 6.52. The average Bonchev–Trinajstić information content (AvgIpc) is 2.75. The minimum Gasteiger partial charge on any atom is -0.445 e. The van der Waals surface area contributed by atoms with Crippen LogP contribution in [0, 0.1) is 17.8 Å². The van der Waals surface area contributed by atoms with Gasteiger partial charge in [0.05, 0.1) is 6.04 Å². The molecule has 8 heteroatoms. The molecule has 3 N–H and O–H groups in total. The molecule has 0 aliphatic heterocycles. The number of alkyl carbamates (subject to hydrolysis) is 1. The van der Waals surface area contributed by atoms with E-state index < -0.39 is 36.0 Å². The van der Waals surface area contributed by atoms with Crippen LogP contribution in [0.15, 0.2) is 30.3 Å². The van der Waals surface area contributed by atoms with E-state index in [0.29, 0.717) is 25.5 Å². The van der Waals surface area contributed by atoms with E-state index in [1.807, 2.05) is 71.9 Å². The molecular weight excluding hydrogens is 434 g/mol. The second kappa shape index (κ2) is 14.4. The van der Waals surface area contributed by atoms with Crippen LogP contribution in [-0.4, -0.2) is 47.2 Å². The molecule has 0 aliphatic carbocycles. The van der Waals surface area contributed by atoms with E-state index in [4.69, 9.17) is 10.5 Å². The highest BCUT2D eigenvalue weighted by Crippen LogP contribution is 2.21. The molecule has 0 spiro atoms. The first-order valence-corrected chi connectivity index (χ1v) is 12.0. The first-order valence-electron chi connectivity index (χ1n) is 12.0. The fraction of sp³-hybridized carbons (Fsp3) is 0.615. The highest BCUT2D eigenvalue weighted by molar-refractivity contribution is 5.92. The third-order valence-electron chi connectivity index (χ3n) is 5.35. The molecule has 0 aromatic heterocycles. The summed E-state index contributed by atoms with van der Waals surface area (Å²) in [7, 11) is 0. The van der Waals surface area contributed by atoms with E-state index in [1.165, 1.54) is 4.90 Å². The highest BCUT2D eigenvalue weighted by Gasteiger charge is 2.38. The summed E-state index contributed by atoms with van der Waals surface area (Å²) in [4.78, 5) is 52.1. The van der Waals surface area contributed by atoms with Crippen LogP contribution in [0.3, 0.4) is 0 Å². The van der Waals surface area contributed by atoms with E-state index in [1.54, 1.807) is 0 Å². The van der Waals surface area contributed by atoms with E-state index in [-0.39, 0.29) is 24.4 Å². The van der Waals surface area contributed by atoms with E-state index in [9.17, 15) is 19.2 Å². The van der Waals surface area contributed by atoms with Gasteiger partial charge in [0.15, 0.2) is 0 Å². The number of hydrogen-bond donors (Lipinski definition) is 2. The molecule has 0 saturated carbocycles.